The average molecular weight is 328 g/mol. The molecule has 0 aliphatic carbocycles. The van der Waals surface area contributed by atoms with Crippen molar-refractivity contribution in [3.63, 3.8) is 0 Å². The Bertz CT molecular complexity index is 750. The minimum atomic E-state index is -0.728. The number of pyridine rings is 1. The summed E-state index contributed by atoms with van der Waals surface area (Å²) < 4.78 is 13.9. The molecule has 0 spiro atoms. The third kappa shape index (κ3) is 3.48. The Morgan fingerprint density at radius 1 is 1.46 bits per heavy atom. The summed E-state index contributed by atoms with van der Waals surface area (Å²) in [5.74, 6) is -0.0347. The van der Waals surface area contributed by atoms with Gasteiger partial charge >= 0.3 is 0 Å². The molecule has 1 aromatic carbocycles. The molecule has 0 bridgehead atoms. The fraction of sp³-hybridized carbons (Fsp3) is 0.333. The van der Waals surface area contributed by atoms with E-state index in [2.05, 4.69) is 10.3 Å². The third-order valence-corrected chi connectivity index (χ3v) is 4.35. The molecule has 6 heteroatoms. The standard InChI is InChI=1S/C18H21FN4O/c1-12-5-7-21-16(9-12)22-10-13-6-8-23(11-13)15-4-2-3-14(19)17(15)18(20)24/h2-5,7,9,13H,6,8,10-11H2,1H3,(H2,20,24)(H,21,22). The number of halogens is 1. The minimum Gasteiger partial charge on any atom is -0.370 e. The second kappa shape index (κ2) is 6.86. The Labute approximate surface area is 140 Å². The van der Waals surface area contributed by atoms with Gasteiger partial charge < -0.3 is 16.0 Å². The van der Waals surface area contributed by atoms with Crippen LogP contribution < -0.4 is 16.0 Å². The zero-order valence-electron chi connectivity index (χ0n) is 13.6. The number of aromatic nitrogens is 1. The summed E-state index contributed by atoms with van der Waals surface area (Å²) in [5.41, 5.74) is 7.06. The van der Waals surface area contributed by atoms with Gasteiger partial charge in [0.2, 0.25) is 0 Å². The lowest BCUT2D eigenvalue weighted by molar-refractivity contribution is 0.0997. The van der Waals surface area contributed by atoms with Crippen molar-refractivity contribution in [3.8, 4) is 0 Å². The molecular weight excluding hydrogens is 307 g/mol. The zero-order valence-corrected chi connectivity index (χ0v) is 13.6. The van der Waals surface area contributed by atoms with Gasteiger partial charge in [-0.3, -0.25) is 4.79 Å². The van der Waals surface area contributed by atoms with Crippen LogP contribution in [0, 0.1) is 18.7 Å². The van der Waals surface area contributed by atoms with Crippen molar-refractivity contribution in [2.45, 2.75) is 13.3 Å². The van der Waals surface area contributed by atoms with E-state index in [0.717, 1.165) is 37.4 Å². The normalized spacial score (nSPS) is 17.1. The van der Waals surface area contributed by atoms with E-state index in [4.69, 9.17) is 5.73 Å². The predicted molar refractivity (Wildman–Crippen MR) is 92.7 cm³/mol. The van der Waals surface area contributed by atoms with Gasteiger partial charge in [-0.25, -0.2) is 9.37 Å². The predicted octanol–water partition coefficient (Wildman–Crippen LogP) is 2.57. The maximum atomic E-state index is 13.9. The van der Waals surface area contributed by atoms with Crippen LogP contribution in [0.25, 0.3) is 0 Å². The average Bonchev–Trinajstić information content (AvgIpc) is 3.01. The van der Waals surface area contributed by atoms with Crippen LogP contribution in [0.15, 0.2) is 36.5 Å². The molecule has 0 radical (unpaired) electrons. The zero-order chi connectivity index (χ0) is 17.1. The van der Waals surface area contributed by atoms with Crippen molar-refractivity contribution in [1.29, 1.82) is 0 Å². The van der Waals surface area contributed by atoms with Crippen molar-refractivity contribution >= 4 is 17.4 Å². The Kier molecular flexibility index (Phi) is 4.64. The number of rotatable bonds is 5. The van der Waals surface area contributed by atoms with E-state index in [-0.39, 0.29) is 5.56 Å². The van der Waals surface area contributed by atoms with Gasteiger partial charge in [0.15, 0.2) is 0 Å². The molecule has 1 saturated heterocycles. The third-order valence-electron chi connectivity index (χ3n) is 4.35. The molecule has 0 saturated carbocycles. The van der Waals surface area contributed by atoms with Crippen LogP contribution in [-0.2, 0) is 0 Å². The van der Waals surface area contributed by atoms with Crippen molar-refractivity contribution in [2.24, 2.45) is 11.7 Å². The number of amides is 1. The Morgan fingerprint density at radius 2 is 2.29 bits per heavy atom. The summed E-state index contributed by atoms with van der Waals surface area (Å²) in [5, 5.41) is 3.34. The molecule has 3 rings (SSSR count). The van der Waals surface area contributed by atoms with Gasteiger partial charge in [-0.1, -0.05) is 6.07 Å². The molecule has 1 amide bonds. The molecule has 5 nitrogen and oxygen atoms in total. The van der Waals surface area contributed by atoms with Gasteiger partial charge in [-0.05, 0) is 49.1 Å². The molecule has 3 N–H and O–H groups in total. The highest BCUT2D eigenvalue weighted by atomic mass is 19.1. The molecule has 126 valence electrons. The first-order chi connectivity index (χ1) is 11.5. The fourth-order valence-corrected chi connectivity index (χ4v) is 3.12. The van der Waals surface area contributed by atoms with E-state index >= 15 is 0 Å². The maximum Gasteiger partial charge on any atom is 0.253 e. The minimum absolute atomic E-state index is 0.0218. The van der Waals surface area contributed by atoms with Crippen molar-refractivity contribution in [1.82, 2.24) is 4.98 Å². The van der Waals surface area contributed by atoms with Crippen molar-refractivity contribution in [3.05, 3.63) is 53.5 Å². The smallest absolute Gasteiger partial charge is 0.253 e. The summed E-state index contributed by atoms with van der Waals surface area (Å²) >= 11 is 0. The molecule has 1 unspecified atom stereocenters. The molecule has 1 aromatic heterocycles. The summed E-state index contributed by atoms with van der Waals surface area (Å²) in [6, 6.07) is 8.59. The number of aryl methyl sites for hydroxylation is 1. The van der Waals surface area contributed by atoms with E-state index < -0.39 is 11.7 Å². The Balaban J connectivity index is 1.66. The Hall–Kier alpha value is -2.63. The Morgan fingerprint density at radius 3 is 3.04 bits per heavy atom. The van der Waals surface area contributed by atoms with Crippen LogP contribution in [-0.4, -0.2) is 30.5 Å². The second-order valence-corrected chi connectivity index (χ2v) is 6.20. The number of nitrogens with one attached hydrogen (secondary N) is 1. The van der Waals surface area contributed by atoms with Crippen molar-refractivity contribution in [2.75, 3.05) is 29.9 Å². The largest absolute Gasteiger partial charge is 0.370 e. The molecule has 1 aliphatic rings. The highest BCUT2D eigenvalue weighted by Gasteiger charge is 2.26. The lowest BCUT2D eigenvalue weighted by Gasteiger charge is -2.21. The molecule has 24 heavy (non-hydrogen) atoms. The van der Waals surface area contributed by atoms with Gasteiger partial charge in [-0.2, -0.15) is 0 Å². The maximum absolute atomic E-state index is 13.9. The van der Waals surface area contributed by atoms with E-state index in [1.165, 1.54) is 6.07 Å². The molecular formula is C18H21FN4O. The second-order valence-electron chi connectivity index (χ2n) is 6.20. The van der Waals surface area contributed by atoms with Gasteiger partial charge in [0.1, 0.15) is 11.6 Å². The van der Waals surface area contributed by atoms with Crippen LogP contribution in [0.3, 0.4) is 0 Å². The van der Waals surface area contributed by atoms with E-state index in [0.29, 0.717) is 11.6 Å². The lowest BCUT2D eigenvalue weighted by Crippen LogP contribution is -2.26. The number of hydrogen-bond donors (Lipinski definition) is 2. The molecule has 2 aromatic rings. The number of carbonyl (C=O) groups excluding carboxylic acids is 1. The number of benzene rings is 1. The highest BCUT2D eigenvalue weighted by Crippen LogP contribution is 2.28. The van der Waals surface area contributed by atoms with Crippen LogP contribution >= 0.6 is 0 Å². The summed E-state index contributed by atoms with van der Waals surface area (Å²) in [7, 11) is 0. The first-order valence-corrected chi connectivity index (χ1v) is 8.04. The van der Waals surface area contributed by atoms with Crippen LogP contribution in [0.2, 0.25) is 0 Å². The number of nitrogens with zero attached hydrogens (tertiary/aromatic N) is 2. The topological polar surface area (TPSA) is 71.2 Å². The number of carbonyl (C=O) groups is 1. The van der Waals surface area contributed by atoms with Crippen LogP contribution in [0.5, 0.6) is 0 Å². The first kappa shape index (κ1) is 16.2. The number of anilines is 2. The number of primary amides is 1. The van der Waals surface area contributed by atoms with Gasteiger partial charge in [-0.15, -0.1) is 0 Å². The molecule has 2 heterocycles. The summed E-state index contributed by atoms with van der Waals surface area (Å²) in [6.07, 6.45) is 2.75. The summed E-state index contributed by atoms with van der Waals surface area (Å²) in [6.45, 7) is 4.34. The van der Waals surface area contributed by atoms with Gasteiger partial charge in [0.25, 0.3) is 5.91 Å². The molecule has 1 fully saturated rings. The fourth-order valence-electron chi connectivity index (χ4n) is 3.12. The van der Waals surface area contributed by atoms with E-state index in [1.54, 1.807) is 18.3 Å². The molecule has 1 aliphatic heterocycles. The van der Waals surface area contributed by atoms with Gasteiger partial charge in [0.05, 0.1) is 11.3 Å². The SMILES string of the molecule is Cc1ccnc(NCC2CCN(c3cccc(F)c3C(N)=O)C2)c1. The first-order valence-electron chi connectivity index (χ1n) is 8.04. The van der Waals surface area contributed by atoms with E-state index in [1.807, 2.05) is 24.0 Å². The summed E-state index contributed by atoms with van der Waals surface area (Å²) in [4.78, 5) is 17.9. The number of hydrogen-bond acceptors (Lipinski definition) is 4. The quantitative estimate of drug-likeness (QED) is 0.885. The van der Waals surface area contributed by atoms with Crippen LogP contribution in [0.4, 0.5) is 15.9 Å². The molecule has 1 atom stereocenters. The highest BCUT2D eigenvalue weighted by molar-refractivity contribution is 5.99. The van der Waals surface area contributed by atoms with Crippen molar-refractivity contribution < 1.29 is 9.18 Å². The monoisotopic (exact) mass is 328 g/mol. The van der Waals surface area contributed by atoms with Crippen LogP contribution in [0.1, 0.15) is 22.3 Å². The van der Waals surface area contributed by atoms with E-state index in [9.17, 15) is 9.18 Å². The lowest BCUT2D eigenvalue weighted by atomic mass is 10.1. The van der Waals surface area contributed by atoms with Gasteiger partial charge in [0, 0.05) is 25.8 Å². The number of nitrogens with two attached hydrogens (primary N) is 1.